The van der Waals surface area contributed by atoms with Crippen molar-refractivity contribution >= 4 is 49.1 Å². The monoisotopic (exact) mass is 401 g/mol. The molecule has 0 aliphatic carbocycles. The molecule has 1 N–H and O–H groups in total. The molecule has 19 heavy (non-hydrogen) atoms. The second kappa shape index (κ2) is 6.29. The second-order valence-corrected chi connectivity index (χ2v) is 6.58. The number of hydrogen-bond acceptors (Lipinski definition) is 1. The zero-order valence-electron chi connectivity index (χ0n) is 10.7. The minimum Gasteiger partial charge on any atom is -0.378 e. The average Bonchev–Trinajstić information content (AvgIpc) is 2.36. The van der Waals surface area contributed by atoms with Gasteiger partial charge in [-0.2, -0.15) is 0 Å². The van der Waals surface area contributed by atoms with Crippen molar-refractivity contribution in [1.29, 1.82) is 0 Å². The maximum absolute atomic E-state index is 6.18. The van der Waals surface area contributed by atoms with Crippen LogP contribution in [0.15, 0.2) is 45.3 Å². The molecule has 0 aliphatic rings. The Kier molecular flexibility index (Phi) is 4.93. The zero-order valence-corrected chi connectivity index (χ0v) is 14.6. The Morgan fingerprint density at radius 2 is 1.79 bits per heavy atom. The third-order valence-corrected chi connectivity index (χ3v) is 4.78. The van der Waals surface area contributed by atoms with Crippen molar-refractivity contribution in [3.8, 4) is 0 Å². The van der Waals surface area contributed by atoms with Crippen molar-refractivity contribution in [3.05, 3.63) is 61.5 Å². The summed E-state index contributed by atoms with van der Waals surface area (Å²) in [6.07, 6.45) is 0. The molecule has 0 spiro atoms. The molecule has 1 unspecified atom stereocenters. The van der Waals surface area contributed by atoms with Crippen LogP contribution < -0.4 is 5.32 Å². The summed E-state index contributed by atoms with van der Waals surface area (Å²) in [7, 11) is 0. The molecule has 100 valence electrons. The van der Waals surface area contributed by atoms with E-state index in [4.69, 9.17) is 11.6 Å². The second-order valence-electron chi connectivity index (χ2n) is 4.47. The number of halogens is 3. The predicted octanol–water partition coefficient (Wildman–Crippen LogP) is 6.35. The van der Waals surface area contributed by atoms with Gasteiger partial charge < -0.3 is 5.32 Å². The highest BCUT2D eigenvalue weighted by molar-refractivity contribution is 9.11. The van der Waals surface area contributed by atoms with Crippen LogP contribution in [0.4, 0.5) is 5.69 Å². The van der Waals surface area contributed by atoms with Gasteiger partial charge in [0.05, 0.1) is 5.69 Å². The Hall–Kier alpha value is -0.510. The Morgan fingerprint density at radius 1 is 1.11 bits per heavy atom. The lowest BCUT2D eigenvalue weighted by molar-refractivity contribution is 0.877. The van der Waals surface area contributed by atoms with Crippen LogP contribution in [-0.2, 0) is 0 Å². The normalized spacial score (nSPS) is 12.3. The summed E-state index contributed by atoms with van der Waals surface area (Å²) in [5.74, 6) is 0. The molecule has 0 aliphatic heterocycles. The lowest BCUT2D eigenvalue weighted by Crippen LogP contribution is -2.07. The molecular formula is C15H14Br2ClN. The summed E-state index contributed by atoms with van der Waals surface area (Å²) >= 11 is 13.3. The first-order chi connectivity index (χ1) is 8.99. The van der Waals surface area contributed by atoms with Crippen LogP contribution in [-0.4, -0.2) is 0 Å². The predicted molar refractivity (Wildman–Crippen MR) is 90.1 cm³/mol. The van der Waals surface area contributed by atoms with Crippen molar-refractivity contribution in [1.82, 2.24) is 0 Å². The largest absolute Gasteiger partial charge is 0.378 e. The summed E-state index contributed by atoms with van der Waals surface area (Å²) in [6, 6.07) is 12.4. The smallest absolute Gasteiger partial charge is 0.0504 e. The fourth-order valence-electron chi connectivity index (χ4n) is 1.89. The minimum atomic E-state index is 0.186. The van der Waals surface area contributed by atoms with Crippen molar-refractivity contribution < 1.29 is 0 Å². The summed E-state index contributed by atoms with van der Waals surface area (Å²) in [6.45, 7) is 4.12. The number of aryl methyl sites for hydroxylation is 1. The van der Waals surface area contributed by atoms with E-state index in [1.54, 1.807) is 0 Å². The van der Waals surface area contributed by atoms with E-state index in [-0.39, 0.29) is 6.04 Å². The third kappa shape index (κ3) is 3.53. The molecule has 0 fully saturated rings. The van der Waals surface area contributed by atoms with Crippen molar-refractivity contribution in [2.45, 2.75) is 19.9 Å². The van der Waals surface area contributed by atoms with Gasteiger partial charge in [0.15, 0.2) is 0 Å². The lowest BCUT2D eigenvalue weighted by atomic mass is 10.1. The SMILES string of the molecule is Cc1cc(Br)c(NC(C)c2ccccc2Br)cc1Cl. The molecule has 1 nitrogen and oxygen atoms in total. The highest BCUT2D eigenvalue weighted by Gasteiger charge is 2.11. The molecule has 4 heteroatoms. The molecule has 2 aromatic rings. The summed E-state index contributed by atoms with van der Waals surface area (Å²) in [4.78, 5) is 0. The Bertz CT molecular complexity index is 599. The Labute approximate surface area is 135 Å². The quantitative estimate of drug-likeness (QED) is 0.630. The minimum absolute atomic E-state index is 0.186. The van der Waals surface area contributed by atoms with Crippen molar-refractivity contribution in [2.75, 3.05) is 5.32 Å². The van der Waals surface area contributed by atoms with Gasteiger partial charge in [-0.15, -0.1) is 0 Å². The standard InChI is InChI=1S/C15H14Br2ClN/c1-9-7-13(17)15(8-14(9)18)19-10(2)11-5-3-4-6-12(11)16/h3-8,10,19H,1-2H3. The number of nitrogens with one attached hydrogen (secondary N) is 1. The van der Waals surface area contributed by atoms with Gasteiger partial charge in [0.2, 0.25) is 0 Å². The molecule has 1 atom stereocenters. The highest BCUT2D eigenvalue weighted by Crippen LogP contribution is 2.33. The van der Waals surface area contributed by atoms with E-state index in [1.165, 1.54) is 5.56 Å². The van der Waals surface area contributed by atoms with E-state index in [2.05, 4.69) is 50.2 Å². The molecule has 0 heterocycles. The van der Waals surface area contributed by atoms with Gasteiger partial charge in [-0.25, -0.2) is 0 Å². The number of hydrogen-bond donors (Lipinski definition) is 1. The fourth-order valence-corrected chi connectivity index (χ4v) is 3.26. The molecule has 0 saturated heterocycles. The molecule has 0 bridgehead atoms. The van der Waals surface area contributed by atoms with Crippen LogP contribution in [0.25, 0.3) is 0 Å². The van der Waals surface area contributed by atoms with Crippen molar-refractivity contribution in [2.24, 2.45) is 0 Å². The van der Waals surface area contributed by atoms with Gasteiger partial charge in [0, 0.05) is 20.0 Å². The zero-order chi connectivity index (χ0) is 14.0. The van der Waals surface area contributed by atoms with Gasteiger partial charge in [0.1, 0.15) is 0 Å². The number of rotatable bonds is 3. The average molecular weight is 404 g/mol. The molecule has 0 aromatic heterocycles. The van der Waals surface area contributed by atoms with Gasteiger partial charge in [-0.3, -0.25) is 0 Å². The van der Waals surface area contributed by atoms with Gasteiger partial charge in [-0.05, 0) is 59.1 Å². The van der Waals surface area contributed by atoms with E-state index in [0.29, 0.717) is 0 Å². The topological polar surface area (TPSA) is 12.0 Å². The highest BCUT2D eigenvalue weighted by atomic mass is 79.9. The number of benzene rings is 2. The maximum atomic E-state index is 6.18. The van der Waals surface area contributed by atoms with Gasteiger partial charge >= 0.3 is 0 Å². The van der Waals surface area contributed by atoms with Crippen molar-refractivity contribution in [3.63, 3.8) is 0 Å². The lowest BCUT2D eigenvalue weighted by Gasteiger charge is -2.19. The van der Waals surface area contributed by atoms with E-state index in [9.17, 15) is 0 Å². The van der Waals surface area contributed by atoms with Crippen LogP contribution in [0.1, 0.15) is 24.1 Å². The number of anilines is 1. The first-order valence-electron chi connectivity index (χ1n) is 5.95. The van der Waals surface area contributed by atoms with E-state index >= 15 is 0 Å². The first kappa shape index (κ1) is 14.9. The van der Waals surface area contributed by atoms with Crippen LogP contribution in [0.2, 0.25) is 5.02 Å². The summed E-state index contributed by atoms with van der Waals surface area (Å²) in [5, 5.41) is 4.24. The maximum Gasteiger partial charge on any atom is 0.0504 e. The van der Waals surface area contributed by atoms with E-state index in [1.807, 2.05) is 37.3 Å². The Morgan fingerprint density at radius 3 is 2.47 bits per heavy atom. The van der Waals surface area contributed by atoms with E-state index < -0.39 is 0 Å². The summed E-state index contributed by atoms with van der Waals surface area (Å²) < 4.78 is 2.12. The third-order valence-electron chi connectivity index (χ3n) is 2.99. The van der Waals surface area contributed by atoms with Crippen LogP contribution in [0.5, 0.6) is 0 Å². The molecule has 2 aromatic carbocycles. The fraction of sp³-hybridized carbons (Fsp3) is 0.200. The molecule has 0 amide bonds. The van der Waals surface area contributed by atoms with Gasteiger partial charge in [-0.1, -0.05) is 45.7 Å². The first-order valence-corrected chi connectivity index (χ1v) is 7.92. The van der Waals surface area contributed by atoms with Crippen LogP contribution >= 0.6 is 43.5 Å². The molecular weight excluding hydrogens is 389 g/mol. The van der Waals surface area contributed by atoms with Gasteiger partial charge in [0.25, 0.3) is 0 Å². The summed E-state index contributed by atoms with van der Waals surface area (Å²) in [5.41, 5.74) is 3.28. The Balaban J connectivity index is 2.27. The molecule has 2 rings (SSSR count). The molecule has 0 radical (unpaired) electrons. The van der Waals surface area contributed by atoms with Crippen LogP contribution in [0.3, 0.4) is 0 Å². The van der Waals surface area contributed by atoms with Crippen LogP contribution in [0, 0.1) is 6.92 Å². The van der Waals surface area contributed by atoms with E-state index in [0.717, 1.165) is 25.2 Å². The molecule has 0 saturated carbocycles.